The average Bonchev–Trinajstić information content (AvgIpc) is 1.64. The first-order valence-electron chi connectivity index (χ1n) is 2.83. The van der Waals surface area contributed by atoms with E-state index in [2.05, 4.69) is 19.4 Å². The van der Waals surface area contributed by atoms with Crippen molar-refractivity contribution in [3.8, 4) is 0 Å². The summed E-state index contributed by atoms with van der Waals surface area (Å²) in [6, 6.07) is 0. The van der Waals surface area contributed by atoms with Gasteiger partial charge in [0.25, 0.3) is 0 Å². The van der Waals surface area contributed by atoms with Crippen molar-refractivity contribution in [3.05, 3.63) is 27.4 Å². The Hall–Kier alpha value is 1.19. The van der Waals surface area contributed by atoms with Crippen molar-refractivity contribution < 1.29 is 44.5 Å². The number of rotatable bonds is 2. The van der Waals surface area contributed by atoms with Crippen LogP contribution < -0.4 is 10.2 Å². The monoisotopic (exact) mass is 362 g/mol. The van der Waals surface area contributed by atoms with Crippen molar-refractivity contribution in [2.75, 3.05) is 19.6 Å². The summed E-state index contributed by atoms with van der Waals surface area (Å²) >= 11 is 0. The molecule has 1 radical (unpaired) electrons. The first-order valence-corrected chi connectivity index (χ1v) is 2.83. The number of hydrogen-bond donors (Lipinski definition) is 2. The van der Waals surface area contributed by atoms with E-state index in [0.29, 0.717) is 0 Å². The van der Waals surface area contributed by atoms with Gasteiger partial charge in [-0.3, -0.25) is 7.05 Å². The van der Waals surface area contributed by atoms with Gasteiger partial charge in [0.15, 0.2) is 0 Å². The molecular formula is C7H15N2VW-. The largest absolute Gasteiger partial charge is 2.00 e. The second-order valence-electron chi connectivity index (χ2n) is 2.28. The molecule has 0 bridgehead atoms. The van der Waals surface area contributed by atoms with Crippen LogP contribution in [0, 0.1) is 27.4 Å². The van der Waals surface area contributed by atoms with E-state index in [0.717, 1.165) is 19.6 Å². The van der Waals surface area contributed by atoms with Gasteiger partial charge < -0.3 is 17.6 Å². The summed E-state index contributed by atoms with van der Waals surface area (Å²) in [5.41, 5.74) is 0. The minimum absolute atomic E-state index is 0. The van der Waals surface area contributed by atoms with Crippen molar-refractivity contribution in [1.29, 1.82) is 0 Å². The average molecular weight is 362 g/mol. The first kappa shape index (κ1) is 18.1. The van der Waals surface area contributed by atoms with Crippen LogP contribution in [0.4, 0.5) is 0 Å². The van der Waals surface area contributed by atoms with Crippen LogP contribution in [-0.4, -0.2) is 19.6 Å². The van der Waals surface area contributed by atoms with Crippen LogP contribution in [0.3, 0.4) is 0 Å². The van der Waals surface area contributed by atoms with E-state index in [4.69, 9.17) is 0 Å². The van der Waals surface area contributed by atoms with Gasteiger partial charge >= 0.3 is 21.1 Å². The third-order valence-corrected chi connectivity index (χ3v) is 1.37. The molecule has 1 fully saturated rings. The van der Waals surface area contributed by atoms with Crippen LogP contribution in [-0.2, 0) is 39.6 Å². The molecule has 1 aliphatic heterocycles. The van der Waals surface area contributed by atoms with E-state index in [1.807, 2.05) is 0 Å². The van der Waals surface area contributed by atoms with Crippen LogP contribution >= 0.6 is 0 Å². The molecule has 65 valence electrons. The second-order valence-corrected chi connectivity index (χ2v) is 2.28. The summed E-state index contributed by atoms with van der Waals surface area (Å²) in [6.45, 7) is 3.23. The smallest absolute Gasteiger partial charge is 0.517 e. The first-order chi connectivity index (χ1) is 3.83. The van der Waals surface area contributed by atoms with Gasteiger partial charge in [-0.05, 0) is 0 Å². The van der Waals surface area contributed by atoms with Gasteiger partial charge in [0.05, 0.1) is 0 Å². The molecule has 0 saturated carbocycles. The van der Waals surface area contributed by atoms with E-state index >= 15 is 0 Å². The van der Waals surface area contributed by atoms with Crippen molar-refractivity contribution in [2.45, 2.75) is 0 Å². The fourth-order valence-electron chi connectivity index (χ4n) is 0.957. The maximum absolute atomic E-state index is 3.82. The second kappa shape index (κ2) is 9.28. The Bertz CT molecular complexity index is 74.1. The summed E-state index contributed by atoms with van der Waals surface area (Å²) in [4.78, 5) is 1.36. The zero-order valence-corrected chi connectivity index (χ0v) is 11.2. The molecular weight excluding hydrogens is 347 g/mol. The minimum atomic E-state index is 0. The molecule has 0 spiro atoms. The van der Waals surface area contributed by atoms with E-state index in [9.17, 15) is 0 Å². The van der Waals surface area contributed by atoms with Crippen LogP contribution in [0.25, 0.3) is 0 Å². The zero-order valence-electron chi connectivity index (χ0n) is 6.89. The van der Waals surface area contributed by atoms with Crippen molar-refractivity contribution in [3.63, 3.8) is 0 Å². The van der Waals surface area contributed by atoms with Gasteiger partial charge in [-0.25, -0.2) is 5.92 Å². The Kier molecular flexibility index (Phi) is 15.3. The molecule has 1 aliphatic rings. The van der Waals surface area contributed by atoms with E-state index in [1.165, 1.54) is 10.8 Å². The normalized spacial score (nSPS) is 16.9. The Morgan fingerprint density at radius 2 is 1.91 bits per heavy atom. The molecule has 0 aromatic carbocycles. The predicted molar refractivity (Wildman–Crippen MR) is 39.1 cm³/mol. The van der Waals surface area contributed by atoms with Crippen LogP contribution in [0.1, 0.15) is 0 Å². The van der Waals surface area contributed by atoms with E-state index < -0.39 is 0 Å². The molecule has 1 rings (SSSR count). The summed E-state index contributed by atoms with van der Waals surface area (Å²) in [6.07, 6.45) is 0. The van der Waals surface area contributed by atoms with Crippen LogP contribution in [0.5, 0.6) is 0 Å². The Balaban J connectivity index is -0.000000213. The van der Waals surface area contributed by atoms with Crippen LogP contribution in [0.2, 0.25) is 0 Å². The molecule has 0 aromatic heterocycles. The SMILES string of the molecule is [CH2-]NC[C-]1C[NH+]([CH2-])C1.[CH3-].[V].[W+2]. The molecule has 4 heteroatoms. The third-order valence-electron chi connectivity index (χ3n) is 1.37. The standard InChI is InChI=1S/C6H12N2.CH3.V.W/c1-7-3-6-4-8(2)5-6;;;/h7-8H,1-5H2;1H3;;/q-2;-1;;+2. The van der Waals surface area contributed by atoms with Crippen LogP contribution in [0.15, 0.2) is 0 Å². The fraction of sp³-hybridized carbons (Fsp3) is 0.429. The van der Waals surface area contributed by atoms with Gasteiger partial charge in [-0.15, -0.1) is 0 Å². The Morgan fingerprint density at radius 1 is 1.45 bits per heavy atom. The molecule has 0 aliphatic carbocycles. The predicted octanol–water partition coefficient (Wildman–Crippen LogP) is -0.923. The number of nitrogens with one attached hydrogen (secondary N) is 2. The third kappa shape index (κ3) is 6.36. The van der Waals surface area contributed by atoms with Gasteiger partial charge in [-0.2, -0.15) is 13.6 Å². The minimum Gasteiger partial charge on any atom is -0.517 e. The molecule has 0 amide bonds. The maximum atomic E-state index is 3.82. The summed E-state index contributed by atoms with van der Waals surface area (Å²) in [7, 11) is 7.36. The Morgan fingerprint density at radius 3 is 2.18 bits per heavy atom. The maximum Gasteiger partial charge on any atom is 2.00 e. The summed E-state index contributed by atoms with van der Waals surface area (Å²) in [5, 5.41) is 2.86. The molecule has 1 heterocycles. The molecule has 1 saturated heterocycles. The quantitative estimate of drug-likeness (QED) is 0.608. The molecule has 0 aromatic rings. The number of quaternary nitrogens is 1. The van der Waals surface area contributed by atoms with Gasteiger partial charge in [-0.1, -0.05) is 13.1 Å². The summed E-state index contributed by atoms with van der Waals surface area (Å²) < 4.78 is 0. The molecule has 0 atom stereocenters. The molecule has 2 N–H and O–H groups in total. The Labute approximate surface area is 96.6 Å². The fourth-order valence-corrected chi connectivity index (χ4v) is 0.957. The molecule has 2 nitrogen and oxygen atoms in total. The molecule has 11 heavy (non-hydrogen) atoms. The van der Waals surface area contributed by atoms with Crippen molar-refractivity contribution in [1.82, 2.24) is 5.32 Å². The van der Waals surface area contributed by atoms with Gasteiger partial charge in [0.2, 0.25) is 0 Å². The van der Waals surface area contributed by atoms with E-state index in [1.54, 1.807) is 0 Å². The topological polar surface area (TPSA) is 16.5 Å². The van der Waals surface area contributed by atoms with Crippen molar-refractivity contribution >= 4 is 0 Å². The number of hydrogen-bond acceptors (Lipinski definition) is 1. The van der Waals surface area contributed by atoms with Crippen molar-refractivity contribution in [2.24, 2.45) is 0 Å². The summed E-state index contributed by atoms with van der Waals surface area (Å²) in [5.74, 6) is 1.53. The zero-order chi connectivity index (χ0) is 5.98. The number of likely N-dealkylation sites (tertiary alicyclic amines) is 1. The van der Waals surface area contributed by atoms with Gasteiger partial charge in [0.1, 0.15) is 0 Å². The van der Waals surface area contributed by atoms with Gasteiger partial charge in [0, 0.05) is 18.6 Å². The van der Waals surface area contributed by atoms with E-state index in [-0.39, 0.29) is 47.0 Å². The molecule has 0 unspecified atom stereocenters.